The molecule has 1 aliphatic rings. The van der Waals surface area contributed by atoms with Gasteiger partial charge in [-0.3, -0.25) is 9.36 Å². The Morgan fingerprint density at radius 1 is 1.19 bits per heavy atom. The topological polar surface area (TPSA) is 72.3 Å². The van der Waals surface area contributed by atoms with Crippen molar-refractivity contribution in [2.75, 3.05) is 37.0 Å². The first-order valence-corrected chi connectivity index (χ1v) is 11.5. The van der Waals surface area contributed by atoms with Gasteiger partial charge in [0.1, 0.15) is 6.54 Å². The highest BCUT2D eigenvalue weighted by molar-refractivity contribution is 7.99. The van der Waals surface area contributed by atoms with E-state index in [1.165, 1.54) is 0 Å². The Bertz CT molecular complexity index is 870. The van der Waals surface area contributed by atoms with Crippen molar-refractivity contribution in [3.63, 3.8) is 0 Å². The molecule has 2 aromatic rings. The second-order valence-electron chi connectivity index (χ2n) is 8.03. The van der Waals surface area contributed by atoms with E-state index in [2.05, 4.69) is 29.4 Å². The summed E-state index contributed by atoms with van der Waals surface area (Å²) in [6.45, 7) is 4.65. The zero-order valence-corrected chi connectivity index (χ0v) is 19.0. The molecule has 1 saturated heterocycles. The third-order valence-electron chi connectivity index (χ3n) is 4.91. The quantitative estimate of drug-likeness (QED) is 0.563. The average molecular weight is 472 g/mol. The van der Waals surface area contributed by atoms with Crippen molar-refractivity contribution in [1.29, 1.82) is 0 Å². The largest absolute Gasteiger partial charge is 0.406 e. The van der Waals surface area contributed by atoms with Gasteiger partial charge in [0.2, 0.25) is 11.9 Å². The maximum atomic E-state index is 13.2. The van der Waals surface area contributed by atoms with E-state index in [-0.39, 0.29) is 28.8 Å². The number of halogens is 3. The van der Waals surface area contributed by atoms with Crippen LogP contribution in [-0.2, 0) is 16.1 Å². The molecular weight excluding hydrogens is 443 g/mol. The molecule has 0 saturated carbocycles. The molecule has 1 fully saturated rings. The van der Waals surface area contributed by atoms with Gasteiger partial charge in [-0.1, -0.05) is 55.9 Å². The van der Waals surface area contributed by atoms with Crippen LogP contribution in [0.1, 0.15) is 31.9 Å². The normalized spacial score (nSPS) is 15.8. The van der Waals surface area contributed by atoms with Crippen molar-refractivity contribution in [1.82, 2.24) is 20.1 Å². The van der Waals surface area contributed by atoms with Crippen LogP contribution in [0.2, 0.25) is 0 Å². The fourth-order valence-electron chi connectivity index (χ4n) is 3.50. The summed E-state index contributed by atoms with van der Waals surface area (Å²) in [5.74, 6) is 0.189. The molecular formula is C21H28F3N5O2S. The smallest absolute Gasteiger partial charge is 0.378 e. The first-order valence-electron chi connectivity index (χ1n) is 10.5. The lowest BCUT2D eigenvalue weighted by Gasteiger charge is -2.28. The summed E-state index contributed by atoms with van der Waals surface area (Å²) in [6, 6.07) is 9.48. The second-order valence-corrected chi connectivity index (χ2v) is 8.97. The number of anilines is 1. The van der Waals surface area contributed by atoms with Crippen LogP contribution >= 0.6 is 11.8 Å². The van der Waals surface area contributed by atoms with Crippen LogP contribution in [0.3, 0.4) is 0 Å². The van der Waals surface area contributed by atoms with Gasteiger partial charge >= 0.3 is 6.18 Å². The van der Waals surface area contributed by atoms with Crippen LogP contribution < -0.4 is 10.2 Å². The van der Waals surface area contributed by atoms with Gasteiger partial charge in [-0.25, -0.2) is 0 Å². The van der Waals surface area contributed by atoms with Crippen molar-refractivity contribution in [3.05, 3.63) is 35.9 Å². The molecule has 0 spiro atoms. The van der Waals surface area contributed by atoms with Gasteiger partial charge in [0.15, 0.2) is 5.16 Å². The predicted molar refractivity (Wildman–Crippen MR) is 117 cm³/mol. The molecule has 1 amide bonds. The molecule has 0 aliphatic carbocycles. The molecule has 11 heteroatoms. The van der Waals surface area contributed by atoms with Crippen molar-refractivity contribution in [2.45, 2.75) is 44.2 Å². The molecule has 1 atom stereocenters. The minimum atomic E-state index is -4.43. The molecule has 3 rings (SSSR count). The fraction of sp³-hybridized carbons (Fsp3) is 0.571. The second kappa shape index (κ2) is 11.0. The first-order chi connectivity index (χ1) is 15.2. The van der Waals surface area contributed by atoms with Crippen LogP contribution in [0.5, 0.6) is 0 Å². The molecule has 1 unspecified atom stereocenters. The maximum Gasteiger partial charge on any atom is 0.406 e. The third kappa shape index (κ3) is 7.13. The number of aromatic nitrogens is 3. The van der Waals surface area contributed by atoms with E-state index in [0.717, 1.165) is 28.3 Å². The van der Waals surface area contributed by atoms with Crippen molar-refractivity contribution < 1.29 is 22.7 Å². The first kappa shape index (κ1) is 24.4. The van der Waals surface area contributed by atoms with E-state index in [9.17, 15) is 18.0 Å². The van der Waals surface area contributed by atoms with Crippen LogP contribution in [-0.4, -0.2) is 58.9 Å². The minimum absolute atomic E-state index is 0.0550. The molecule has 2 heterocycles. The summed E-state index contributed by atoms with van der Waals surface area (Å²) in [7, 11) is 0. The van der Waals surface area contributed by atoms with E-state index < -0.39 is 12.7 Å². The molecule has 176 valence electrons. The number of rotatable bonds is 9. The average Bonchev–Trinajstić information content (AvgIpc) is 3.13. The van der Waals surface area contributed by atoms with Gasteiger partial charge in [-0.05, 0) is 17.9 Å². The predicted octanol–water partition coefficient (Wildman–Crippen LogP) is 3.67. The zero-order valence-electron chi connectivity index (χ0n) is 18.1. The van der Waals surface area contributed by atoms with Crippen molar-refractivity contribution >= 4 is 23.6 Å². The van der Waals surface area contributed by atoms with Gasteiger partial charge in [0.05, 0.1) is 25.0 Å². The molecule has 0 bridgehead atoms. The molecule has 1 aromatic carbocycles. The van der Waals surface area contributed by atoms with E-state index >= 15 is 0 Å². The number of nitrogens with one attached hydrogen (secondary N) is 1. The van der Waals surface area contributed by atoms with Crippen molar-refractivity contribution in [3.8, 4) is 0 Å². The Balaban J connectivity index is 1.69. The molecule has 1 N–H and O–H groups in total. The third-order valence-corrected chi connectivity index (χ3v) is 5.87. The number of nitrogens with zero attached hydrogens (tertiary/aromatic N) is 4. The Morgan fingerprint density at radius 2 is 1.88 bits per heavy atom. The Kier molecular flexibility index (Phi) is 8.41. The van der Waals surface area contributed by atoms with Crippen LogP contribution in [0.15, 0.2) is 35.5 Å². The minimum Gasteiger partial charge on any atom is -0.378 e. The maximum absolute atomic E-state index is 13.2. The molecule has 7 nitrogen and oxygen atoms in total. The van der Waals surface area contributed by atoms with Gasteiger partial charge in [0.25, 0.3) is 0 Å². The lowest BCUT2D eigenvalue weighted by Crippen LogP contribution is -2.38. The van der Waals surface area contributed by atoms with Crippen molar-refractivity contribution in [2.24, 2.45) is 5.92 Å². The highest BCUT2D eigenvalue weighted by Crippen LogP contribution is 2.28. The van der Waals surface area contributed by atoms with E-state index in [1.54, 1.807) is 4.90 Å². The Morgan fingerprint density at radius 3 is 2.50 bits per heavy atom. The van der Waals surface area contributed by atoms with Gasteiger partial charge in [-0.15, -0.1) is 10.2 Å². The summed E-state index contributed by atoms with van der Waals surface area (Å²) in [5.41, 5.74) is 0.995. The number of morpholine rings is 1. The number of hydrogen-bond acceptors (Lipinski definition) is 6. The van der Waals surface area contributed by atoms with Crippen LogP contribution in [0.25, 0.3) is 0 Å². The number of ether oxygens (including phenoxy) is 1. The van der Waals surface area contributed by atoms with Gasteiger partial charge < -0.3 is 15.0 Å². The summed E-state index contributed by atoms with van der Waals surface area (Å²) < 4.78 is 46.0. The summed E-state index contributed by atoms with van der Waals surface area (Å²) in [4.78, 5) is 14.4. The molecule has 0 radical (unpaired) electrons. The van der Waals surface area contributed by atoms with E-state index in [4.69, 9.17) is 4.74 Å². The van der Waals surface area contributed by atoms with Gasteiger partial charge in [-0.2, -0.15) is 13.2 Å². The monoisotopic (exact) mass is 471 g/mol. The van der Waals surface area contributed by atoms with Crippen LogP contribution in [0.4, 0.5) is 19.1 Å². The number of carbonyl (C=O) groups is 1. The highest BCUT2D eigenvalue weighted by Gasteiger charge is 2.33. The SMILES string of the molecule is CC(C)CC(NC(=O)CSc1nnc(N2CCOCC2)n1CC(F)(F)F)c1ccccc1. The highest BCUT2D eigenvalue weighted by atomic mass is 32.2. The Labute approximate surface area is 189 Å². The number of hydrogen-bond donors (Lipinski definition) is 1. The van der Waals surface area contributed by atoms with E-state index in [1.807, 2.05) is 30.3 Å². The number of amides is 1. The summed E-state index contributed by atoms with van der Waals surface area (Å²) >= 11 is 0.956. The summed E-state index contributed by atoms with van der Waals surface area (Å²) in [5, 5.41) is 11.0. The zero-order chi connectivity index (χ0) is 23.1. The fourth-order valence-corrected chi connectivity index (χ4v) is 4.25. The van der Waals surface area contributed by atoms with E-state index in [0.29, 0.717) is 32.2 Å². The lowest BCUT2D eigenvalue weighted by molar-refractivity contribution is -0.141. The number of alkyl halides is 3. The number of thioether (sulfide) groups is 1. The number of benzene rings is 1. The Hall–Kier alpha value is -2.27. The molecule has 1 aromatic heterocycles. The van der Waals surface area contributed by atoms with Crippen LogP contribution in [0, 0.1) is 5.92 Å². The molecule has 32 heavy (non-hydrogen) atoms. The molecule has 1 aliphatic heterocycles. The summed E-state index contributed by atoms with van der Waals surface area (Å²) in [6.07, 6.45) is -3.68. The standard InChI is InChI=1S/C21H28F3N5O2S/c1-15(2)12-17(16-6-4-3-5-7-16)25-18(30)13-32-20-27-26-19(28-8-10-31-11-9-28)29(20)14-21(22,23)24/h3-7,15,17H,8-14H2,1-2H3,(H,25,30). The lowest BCUT2D eigenvalue weighted by atomic mass is 9.97. The van der Waals surface area contributed by atoms with Gasteiger partial charge in [0, 0.05) is 13.1 Å². The number of carbonyl (C=O) groups excluding carboxylic acids is 1.